The van der Waals surface area contributed by atoms with E-state index in [4.69, 9.17) is 14.2 Å². The van der Waals surface area contributed by atoms with Crippen molar-refractivity contribution in [2.24, 2.45) is 0 Å². The molecule has 0 aliphatic carbocycles. The Morgan fingerprint density at radius 1 is 1.17 bits per heavy atom. The molecule has 1 aliphatic heterocycles. The number of hydrogen-bond donors (Lipinski definition) is 2. The van der Waals surface area contributed by atoms with Crippen molar-refractivity contribution in [3.8, 4) is 11.8 Å². The summed E-state index contributed by atoms with van der Waals surface area (Å²) in [5.41, 5.74) is 1.85. The molecular formula is C26H31FN4O4. The molecule has 0 saturated carbocycles. The summed E-state index contributed by atoms with van der Waals surface area (Å²) in [6, 6.07) is 15.9. The molecule has 1 saturated heterocycles. The van der Waals surface area contributed by atoms with Crippen molar-refractivity contribution < 1.29 is 23.4 Å². The van der Waals surface area contributed by atoms with Crippen LogP contribution in [0.2, 0.25) is 0 Å². The number of nitrogens with zero attached hydrogens (tertiary/aromatic N) is 2. The minimum Gasteiger partial charge on any atom is -0.497 e. The first kappa shape index (κ1) is 26.0. The number of nitriles is 1. The van der Waals surface area contributed by atoms with Gasteiger partial charge in [0.05, 0.1) is 26.4 Å². The second kappa shape index (κ2) is 13.3. The predicted molar refractivity (Wildman–Crippen MR) is 129 cm³/mol. The Labute approximate surface area is 205 Å². The molecule has 1 atom stereocenters. The molecule has 1 heterocycles. The highest BCUT2D eigenvalue weighted by molar-refractivity contribution is 5.93. The molecule has 1 fully saturated rings. The standard InChI is InChI=1S/C26H31FN4O4/c1-3-34-26(32)24(14-28)25(29-15-19-6-10-22(33-2)11-7-19)30-16-23-18-31(12-13-35-23)17-20-4-8-21(27)9-5-20/h4-11,23,29-30H,3,12-13,15-18H2,1-2H3. The van der Waals surface area contributed by atoms with E-state index in [0.717, 1.165) is 23.4 Å². The maximum atomic E-state index is 13.2. The maximum absolute atomic E-state index is 13.2. The van der Waals surface area contributed by atoms with Gasteiger partial charge < -0.3 is 24.8 Å². The van der Waals surface area contributed by atoms with E-state index < -0.39 is 5.97 Å². The van der Waals surface area contributed by atoms with Crippen LogP contribution in [0.1, 0.15) is 18.1 Å². The average Bonchev–Trinajstić information content (AvgIpc) is 2.88. The predicted octanol–water partition coefficient (Wildman–Crippen LogP) is 2.71. The van der Waals surface area contributed by atoms with Gasteiger partial charge in [0.25, 0.3) is 0 Å². The van der Waals surface area contributed by atoms with Crippen molar-refractivity contribution in [1.82, 2.24) is 15.5 Å². The Morgan fingerprint density at radius 3 is 2.54 bits per heavy atom. The van der Waals surface area contributed by atoms with Crippen LogP contribution in [0.4, 0.5) is 4.39 Å². The molecule has 8 nitrogen and oxygen atoms in total. The molecule has 1 unspecified atom stereocenters. The van der Waals surface area contributed by atoms with Gasteiger partial charge in [-0.05, 0) is 42.3 Å². The van der Waals surface area contributed by atoms with Crippen molar-refractivity contribution in [3.63, 3.8) is 0 Å². The highest BCUT2D eigenvalue weighted by atomic mass is 19.1. The zero-order valence-electron chi connectivity index (χ0n) is 20.1. The minimum atomic E-state index is -0.692. The molecule has 2 aromatic rings. The molecular weight excluding hydrogens is 451 g/mol. The number of carbonyl (C=O) groups is 1. The molecule has 3 rings (SSSR count). The number of carbonyl (C=O) groups excluding carboxylic acids is 1. The van der Waals surface area contributed by atoms with Crippen LogP contribution >= 0.6 is 0 Å². The van der Waals surface area contributed by atoms with E-state index in [1.54, 1.807) is 26.2 Å². The largest absolute Gasteiger partial charge is 0.497 e. The highest BCUT2D eigenvalue weighted by Gasteiger charge is 2.23. The number of morpholine rings is 1. The number of methoxy groups -OCH3 is 1. The number of rotatable bonds is 11. The first-order chi connectivity index (χ1) is 17.0. The Morgan fingerprint density at radius 2 is 1.89 bits per heavy atom. The summed E-state index contributed by atoms with van der Waals surface area (Å²) in [6.07, 6.45) is -0.163. The van der Waals surface area contributed by atoms with E-state index >= 15 is 0 Å². The number of benzene rings is 2. The van der Waals surface area contributed by atoms with Crippen LogP contribution in [0, 0.1) is 17.1 Å². The number of nitrogens with one attached hydrogen (secondary N) is 2. The average molecular weight is 483 g/mol. The molecule has 9 heteroatoms. The van der Waals surface area contributed by atoms with Gasteiger partial charge in [-0.15, -0.1) is 0 Å². The second-order valence-corrected chi connectivity index (χ2v) is 8.02. The lowest BCUT2D eigenvalue weighted by atomic mass is 10.2. The number of hydrogen-bond acceptors (Lipinski definition) is 8. The van der Waals surface area contributed by atoms with Gasteiger partial charge in [0.2, 0.25) is 0 Å². The molecule has 0 bridgehead atoms. The Hall–Kier alpha value is -3.61. The van der Waals surface area contributed by atoms with Gasteiger partial charge in [-0.2, -0.15) is 5.26 Å². The fourth-order valence-corrected chi connectivity index (χ4v) is 3.69. The molecule has 0 aromatic heterocycles. The van der Waals surface area contributed by atoms with Crippen molar-refractivity contribution in [1.29, 1.82) is 5.26 Å². The van der Waals surface area contributed by atoms with Gasteiger partial charge in [-0.1, -0.05) is 24.3 Å². The molecule has 35 heavy (non-hydrogen) atoms. The topological polar surface area (TPSA) is 95.9 Å². The molecule has 0 amide bonds. The lowest BCUT2D eigenvalue weighted by Gasteiger charge is -2.33. The first-order valence-corrected chi connectivity index (χ1v) is 11.5. The lowest BCUT2D eigenvalue weighted by Crippen LogP contribution is -2.47. The number of halogens is 1. The molecule has 2 N–H and O–H groups in total. The highest BCUT2D eigenvalue weighted by Crippen LogP contribution is 2.14. The SMILES string of the molecule is CCOC(=O)C(C#N)=C(NCc1ccc(OC)cc1)NCC1CN(Cc2ccc(F)cc2)CCO1. The molecule has 1 aliphatic rings. The van der Waals surface area contributed by atoms with Gasteiger partial charge in [-0.3, -0.25) is 4.90 Å². The third-order valence-corrected chi connectivity index (χ3v) is 5.52. The summed E-state index contributed by atoms with van der Waals surface area (Å²) in [4.78, 5) is 14.6. The van der Waals surface area contributed by atoms with Gasteiger partial charge in [-0.25, -0.2) is 9.18 Å². The summed E-state index contributed by atoms with van der Waals surface area (Å²) < 4.78 is 29.3. The first-order valence-electron chi connectivity index (χ1n) is 11.5. The van der Waals surface area contributed by atoms with Crippen molar-refractivity contribution in [2.45, 2.75) is 26.1 Å². The van der Waals surface area contributed by atoms with Crippen molar-refractivity contribution in [3.05, 3.63) is 76.9 Å². The minimum absolute atomic E-state index is 0.126. The lowest BCUT2D eigenvalue weighted by molar-refractivity contribution is -0.138. The van der Waals surface area contributed by atoms with E-state index in [0.29, 0.717) is 38.6 Å². The van der Waals surface area contributed by atoms with Crippen LogP contribution in [0.3, 0.4) is 0 Å². The smallest absolute Gasteiger partial charge is 0.352 e. The van der Waals surface area contributed by atoms with Crippen molar-refractivity contribution in [2.75, 3.05) is 40.0 Å². The summed E-state index contributed by atoms with van der Waals surface area (Å²) in [7, 11) is 1.60. The van der Waals surface area contributed by atoms with Crippen LogP contribution in [0.25, 0.3) is 0 Å². The van der Waals surface area contributed by atoms with Gasteiger partial charge in [0, 0.05) is 32.7 Å². The van der Waals surface area contributed by atoms with E-state index in [1.165, 1.54) is 12.1 Å². The van der Waals surface area contributed by atoms with Gasteiger partial charge >= 0.3 is 5.97 Å². The second-order valence-electron chi connectivity index (χ2n) is 8.02. The third kappa shape index (κ3) is 7.98. The molecule has 2 aromatic carbocycles. The summed E-state index contributed by atoms with van der Waals surface area (Å²) >= 11 is 0. The normalized spacial score (nSPS) is 16.6. The van der Waals surface area contributed by atoms with Crippen LogP contribution in [-0.4, -0.2) is 56.9 Å². The number of ether oxygens (including phenoxy) is 3. The molecule has 0 spiro atoms. The monoisotopic (exact) mass is 482 g/mol. The van der Waals surface area contributed by atoms with Gasteiger partial charge in [0.1, 0.15) is 23.5 Å². The fourth-order valence-electron chi connectivity index (χ4n) is 3.69. The maximum Gasteiger partial charge on any atom is 0.352 e. The van der Waals surface area contributed by atoms with Crippen LogP contribution < -0.4 is 15.4 Å². The van der Waals surface area contributed by atoms with E-state index in [9.17, 15) is 14.4 Å². The summed E-state index contributed by atoms with van der Waals surface area (Å²) in [6.45, 7) is 5.28. The summed E-state index contributed by atoms with van der Waals surface area (Å²) in [5.74, 6) is 0.0870. The molecule has 0 radical (unpaired) electrons. The Kier molecular flexibility index (Phi) is 9.90. The quantitative estimate of drug-likeness (QED) is 0.287. The Bertz CT molecular complexity index is 1030. The van der Waals surface area contributed by atoms with Crippen molar-refractivity contribution >= 4 is 5.97 Å². The van der Waals surface area contributed by atoms with E-state index in [1.807, 2.05) is 30.3 Å². The summed E-state index contributed by atoms with van der Waals surface area (Å²) in [5, 5.41) is 16.0. The van der Waals surface area contributed by atoms with Crippen LogP contribution in [0.5, 0.6) is 5.75 Å². The van der Waals surface area contributed by atoms with E-state index in [-0.39, 0.29) is 24.1 Å². The molecule has 186 valence electrons. The Balaban J connectivity index is 1.65. The number of esters is 1. The van der Waals surface area contributed by atoms with E-state index in [2.05, 4.69) is 15.5 Å². The van der Waals surface area contributed by atoms with Crippen LogP contribution in [-0.2, 0) is 27.4 Å². The zero-order chi connectivity index (χ0) is 25.0. The zero-order valence-corrected chi connectivity index (χ0v) is 20.1. The third-order valence-electron chi connectivity index (χ3n) is 5.52. The van der Waals surface area contributed by atoms with Crippen LogP contribution in [0.15, 0.2) is 59.9 Å². The fraction of sp³-hybridized carbons (Fsp3) is 0.385. The van der Waals surface area contributed by atoms with Gasteiger partial charge in [0.15, 0.2) is 5.57 Å².